The van der Waals surface area contributed by atoms with Crippen LogP contribution in [0.15, 0.2) is 16.6 Å². The number of nitrogens with one attached hydrogen (secondary N) is 2. The molecule has 1 aromatic heterocycles. The summed E-state index contributed by atoms with van der Waals surface area (Å²) in [5, 5.41) is 5.91. The molecule has 0 aliphatic carbocycles. The summed E-state index contributed by atoms with van der Waals surface area (Å²) in [6.45, 7) is 6.47. The first-order valence-corrected chi connectivity index (χ1v) is 6.51. The number of hydrogen-bond acceptors (Lipinski definition) is 3. The number of aromatic nitrogens is 1. The monoisotopic (exact) mass is 299 g/mol. The molecule has 1 atom stereocenters. The van der Waals surface area contributed by atoms with Crippen LogP contribution < -0.4 is 10.6 Å². The molecule has 0 fully saturated rings. The molecule has 0 aliphatic rings. The van der Waals surface area contributed by atoms with E-state index in [1.807, 2.05) is 32.9 Å². The highest BCUT2D eigenvalue weighted by molar-refractivity contribution is 9.10. The molecule has 2 N–H and O–H groups in total. The quantitative estimate of drug-likeness (QED) is 0.878. The molecule has 0 radical (unpaired) electrons. The van der Waals surface area contributed by atoms with Crippen LogP contribution in [-0.4, -0.2) is 23.5 Å². The molecule has 0 aromatic carbocycles. The molecule has 1 amide bonds. The van der Waals surface area contributed by atoms with Crippen LogP contribution in [0.2, 0.25) is 0 Å². The van der Waals surface area contributed by atoms with Gasteiger partial charge in [-0.3, -0.25) is 4.79 Å². The summed E-state index contributed by atoms with van der Waals surface area (Å²) < 4.78 is 0.964. The van der Waals surface area contributed by atoms with Crippen LogP contribution >= 0.6 is 15.9 Å². The van der Waals surface area contributed by atoms with Crippen molar-refractivity contribution in [3.05, 3.63) is 22.3 Å². The second kappa shape index (κ2) is 6.59. The minimum absolute atomic E-state index is 0.00535. The molecule has 0 saturated heterocycles. The van der Waals surface area contributed by atoms with Crippen LogP contribution in [0.3, 0.4) is 0 Å². The first-order valence-electron chi connectivity index (χ1n) is 5.72. The van der Waals surface area contributed by atoms with E-state index < -0.39 is 0 Å². The van der Waals surface area contributed by atoms with E-state index >= 15 is 0 Å². The number of nitrogens with zero attached hydrogens (tertiary/aromatic N) is 1. The Hall–Kier alpha value is -1.10. The molecule has 5 heteroatoms. The largest absolute Gasteiger partial charge is 0.359 e. The van der Waals surface area contributed by atoms with Crippen molar-refractivity contribution in [1.82, 2.24) is 10.3 Å². The lowest BCUT2D eigenvalue weighted by Gasteiger charge is -2.14. The summed E-state index contributed by atoms with van der Waals surface area (Å²) in [5.41, 5.74) is 0.899. The van der Waals surface area contributed by atoms with Gasteiger partial charge in [-0.25, -0.2) is 4.98 Å². The molecule has 0 saturated carbocycles. The number of carbonyl (C=O) groups excluding carboxylic acids is 1. The third-order valence-electron chi connectivity index (χ3n) is 2.33. The lowest BCUT2D eigenvalue weighted by Crippen LogP contribution is -2.38. The third kappa shape index (κ3) is 4.34. The smallest absolute Gasteiger partial charge is 0.242 e. The molecular formula is C12H18BrN3O. The molecule has 0 spiro atoms. The van der Waals surface area contributed by atoms with Crippen molar-refractivity contribution in [1.29, 1.82) is 0 Å². The second-order valence-corrected chi connectivity index (χ2v) is 4.78. The highest BCUT2D eigenvalue weighted by Gasteiger charge is 2.12. The van der Waals surface area contributed by atoms with Crippen LogP contribution in [-0.2, 0) is 4.79 Å². The number of halogens is 1. The standard InChI is InChI=1S/C12H18BrN3O/c1-4-7-14-12(17)9(3)16-11-6-5-10(13)8(2)15-11/h5-6,9H,4,7H2,1-3H3,(H,14,17)(H,15,16). The van der Waals surface area contributed by atoms with Crippen LogP contribution in [0.25, 0.3) is 0 Å². The first-order chi connectivity index (χ1) is 8.04. The molecule has 1 aromatic rings. The molecule has 1 rings (SSSR count). The zero-order valence-corrected chi connectivity index (χ0v) is 12.0. The maximum absolute atomic E-state index is 11.6. The van der Waals surface area contributed by atoms with Crippen molar-refractivity contribution < 1.29 is 4.79 Å². The van der Waals surface area contributed by atoms with Crippen LogP contribution in [0.5, 0.6) is 0 Å². The molecule has 94 valence electrons. The van der Waals surface area contributed by atoms with Crippen molar-refractivity contribution >= 4 is 27.7 Å². The van der Waals surface area contributed by atoms with Gasteiger partial charge in [-0.2, -0.15) is 0 Å². The minimum Gasteiger partial charge on any atom is -0.359 e. The molecule has 17 heavy (non-hydrogen) atoms. The van der Waals surface area contributed by atoms with E-state index in [9.17, 15) is 4.79 Å². The highest BCUT2D eigenvalue weighted by atomic mass is 79.9. The van der Waals surface area contributed by atoms with Gasteiger partial charge in [0, 0.05) is 11.0 Å². The van der Waals surface area contributed by atoms with Crippen LogP contribution in [0, 0.1) is 6.92 Å². The second-order valence-electron chi connectivity index (χ2n) is 3.92. The fraction of sp³-hybridized carbons (Fsp3) is 0.500. The maximum Gasteiger partial charge on any atom is 0.242 e. The number of anilines is 1. The first kappa shape index (κ1) is 14.0. The van der Waals surface area contributed by atoms with Crippen molar-refractivity contribution in [2.75, 3.05) is 11.9 Å². The van der Waals surface area contributed by atoms with Crippen molar-refractivity contribution in [3.63, 3.8) is 0 Å². The van der Waals surface area contributed by atoms with Gasteiger partial charge < -0.3 is 10.6 Å². The van der Waals surface area contributed by atoms with E-state index in [2.05, 4.69) is 31.5 Å². The van der Waals surface area contributed by atoms with Gasteiger partial charge in [0.05, 0.1) is 5.69 Å². The Morgan fingerprint density at radius 2 is 2.24 bits per heavy atom. The highest BCUT2D eigenvalue weighted by Crippen LogP contribution is 2.16. The Bertz CT molecular complexity index is 395. The van der Waals surface area contributed by atoms with E-state index in [0.29, 0.717) is 12.4 Å². The van der Waals surface area contributed by atoms with Gasteiger partial charge in [0.1, 0.15) is 11.9 Å². The molecule has 0 aliphatic heterocycles. The average molecular weight is 300 g/mol. The maximum atomic E-state index is 11.6. The van der Waals surface area contributed by atoms with E-state index in [1.165, 1.54) is 0 Å². The summed E-state index contributed by atoms with van der Waals surface area (Å²) in [6, 6.07) is 3.48. The van der Waals surface area contributed by atoms with Gasteiger partial charge >= 0.3 is 0 Å². The zero-order chi connectivity index (χ0) is 12.8. The summed E-state index contributed by atoms with van der Waals surface area (Å²) in [6.07, 6.45) is 0.939. The molecule has 0 bridgehead atoms. The van der Waals surface area contributed by atoms with Crippen molar-refractivity contribution in [3.8, 4) is 0 Å². The Kier molecular flexibility index (Phi) is 5.41. The summed E-state index contributed by atoms with van der Waals surface area (Å²) in [7, 11) is 0. The van der Waals surface area contributed by atoms with E-state index in [1.54, 1.807) is 0 Å². The van der Waals surface area contributed by atoms with Gasteiger partial charge in [0.2, 0.25) is 5.91 Å². The van der Waals surface area contributed by atoms with Crippen LogP contribution in [0.4, 0.5) is 5.82 Å². The summed E-state index contributed by atoms with van der Waals surface area (Å²) in [4.78, 5) is 16.0. The van der Waals surface area contributed by atoms with Gasteiger partial charge in [-0.15, -0.1) is 0 Å². The number of pyridine rings is 1. The van der Waals surface area contributed by atoms with Crippen molar-refractivity contribution in [2.45, 2.75) is 33.2 Å². The topological polar surface area (TPSA) is 54.0 Å². The molecule has 1 unspecified atom stereocenters. The zero-order valence-electron chi connectivity index (χ0n) is 10.4. The summed E-state index contributed by atoms with van der Waals surface area (Å²) >= 11 is 3.39. The van der Waals surface area contributed by atoms with E-state index in [4.69, 9.17) is 0 Å². The van der Waals surface area contributed by atoms with Crippen LogP contribution in [0.1, 0.15) is 26.0 Å². The van der Waals surface area contributed by atoms with Gasteiger partial charge in [-0.1, -0.05) is 6.92 Å². The van der Waals surface area contributed by atoms with E-state index in [0.717, 1.165) is 16.6 Å². The Morgan fingerprint density at radius 1 is 1.53 bits per heavy atom. The Balaban J connectivity index is 2.58. The number of carbonyl (C=O) groups is 1. The van der Waals surface area contributed by atoms with Gasteiger partial charge in [-0.05, 0) is 48.3 Å². The average Bonchev–Trinajstić information content (AvgIpc) is 2.30. The summed E-state index contributed by atoms with van der Waals surface area (Å²) in [5.74, 6) is 0.707. The van der Waals surface area contributed by atoms with Crippen molar-refractivity contribution in [2.24, 2.45) is 0 Å². The fourth-order valence-corrected chi connectivity index (χ4v) is 1.53. The normalized spacial score (nSPS) is 12.0. The number of rotatable bonds is 5. The lowest BCUT2D eigenvalue weighted by molar-refractivity contribution is -0.121. The predicted molar refractivity (Wildman–Crippen MR) is 73.1 cm³/mol. The predicted octanol–water partition coefficient (Wildman–Crippen LogP) is 2.48. The van der Waals surface area contributed by atoms with Gasteiger partial charge in [0.25, 0.3) is 0 Å². The van der Waals surface area contributed by atoms with Gasteiger partial charge in [0.15, 0.2) is 0 Å². The number of amides is 1. The third-order valence-corrected chi connectivity index (χ3v) is 3.17. The Morgan fingerprint density at radius 3 is 2.82 bits per heavy atom. The van der Waals surface area contributed by atoms with E-state index in [-0.39, 0.29) is 11.9 Å². The molecular weight excluding hydrogens is 282 g/mol. The lowest BCUT2D eigenvalue weighted by atomic mass is 10.3. The minimum atomic E-state index is -0.283. The fourth-order valence-electron chi connectivity index (χ4n) is 1.31. The SMILES string of the molecule is CCCNC(=O)C(C)Nc1ccc(Br)c(C)n1. The number of hydrogen-bond donors (Lipinski definition) is 2. The Labute approximate surface area is 110 Å². The molecule has 4 nitrogen and oxygen atoms in total. The number of aryl methyl sites for hydroxylation is 1. The molecule has 1 heterocycles.